The Morgan fingerprint density at radius 1 is 1.58 bits per heavy atom. The summed E-state index contributed by atoms with van der Waals surface area (Å²) in [4.78, 5) is 16.0. The third-order valence-corrected chi connectivity index (χ3v) is 2.61. The van der Waals surface area contributed by atoms with Crippen LogP contribution in [0.4, 0.5) is 5.82 Å². The van der Waals surface area contributed by atoms with Gasteiger partial charge in [-0.2, -0.15) is 10.2 Å². The largest absolute Gasteiger partial charge is 0.384 e. The van der Waals surface area contributed by atoms with Gasteiger partial charge in [-0.05, 0) is 20.8 Å². The second kappa shape index (κ2) is 5.09. The molecule has 2 rings (SSSR count). The molecule has 4 N–H and O–H groups in total. The van der Waals surface area contributed by atoms with Crippen LogP contribution in [-0.2, 0) is 11.3 Å². The molecule has 0 fully saturated rings. The van der Waals surface area contributed by atoms with Gasteiger partial charge in [0.2, 0.25) is 5.91 Å². The third-order valence-electron chi connectivity index (χ3n) is 2.61. The summed E-state index contributed by atoms with van der Waals surface area (Å²) in [5.74, 6) is 1.54. The zero-order valence-corrected chi connectivity index (χ0v) is 11.1. The van der Waals surface area contributed by atoms with E-state index in [2.05, 4.69) is 25.6 Å². The predicted molar refractivity (Wildman–Crippen MR) is 69.1 cm³/mol. The molecule has 0 aliphatic heterocycles. The van der Waals surface area contributed by atoms with Crippen LogP contribution in [0, 0.1) is 13.8 Å². The van der Waals surface area contributed by atoms with Gasteiger partial charge in [-0.15, -0.1) is 0 Å². The molecule has 0 bridgehead atoms. The topological polar surface area (TPSA) is 115 Å². The normalized spacial score (nSPS) is 12.4. The van der Waals surface area contributed by atoms with E-state index in [1.807, 2.05) is 13.8 Å². The zero-order chi connectivity index (χ0) is 14.0. The Balaban J connectivity index is 1.96. The van der Waals surface area contributed by atoms with Crippen LogP contribution in [0.5, 0.6) is 0 Å². The summed E-state index contributed by atoms with van der Waals surface area (Å²) in [6.07, 6.45) is 0. The van der Waals surface area contributed by atoms with Gasteiger partial charge in [0.15, 0.2) is 5.82 Å². The summed E-state index contributed by atoms with van der Waals surface area (Å²) < 4.78 is 1.46. The number of aryl methyl sites for hydroxylation is 2. The molecule has 0 unspecified atom stereocenters. The molecule has 0 saturated heterocycles. The highest BCUT2D eigenvalue weighted by Crippen LogP contribution is 2.07. The van der Waals surface area contributed by atoms with E-state index in [0.29, 0.717) is 17.5 Å². The van der Waals surface area contributed by atoms with Crippen LogP contribution in [0.2, 0.25) is 0 Å². The minimum absolute atomic E-state index is 0.0768. The van der Waals surface area contributed by atoms with Gasteiger partial charge in [0.25, 0.3) is 0 Å². The second-order valence-electron chi connectivity index (χ2n) is 4.44. The first-order valence-corrected chi connectivity index (χ1v) is 5.94. The van der Waals surface area contributed by atoms with E-state index < -0.39 is 0 Å². The van der Waals surface area contributed by atoms with E-state index >= 15 is 0 Å². The van der Waals surface area contributed by atoms with Gasteiger partial charge >= 0.3 is 0 Å². The molecule has 1 atom stereocenters. The lowest BCUT2D eigenvalue weighted by molar-refractivity contribution is -0.122. The quantitative estimate of drug-likeness (QED) is 0.722. The fraction of sp³-hybridized carbons (Fsp3) is 0.455. The smallest absolute Gasteiger partial charge is 0.242 e. The Bertz CT molecular complexity index is 586. The summed E-state index contributed by atoms with van der Waals surface area (Å²) in [6, 6.07) is 1.45. The fourth-order valence-corrected chi connectivity index (χ4v) is 1.73. The van der Waals surface area contributed by atoms with Gasteiger partial charge < -0.3 is 11.1 Å². The van der Waals surface area contributed by atoms with Crippen molar-refractivity contribution in [3.8, 4) is 0 Å². The van der Waals surface area contributed by atoms with E-state index in [9.17, 15) is 4.79 Å². The van der Waals surface area contributed by atoms with Crippen molar-refractivity contribution in [3.63, 3.8) is 0 Å². The first kappa shape index (κ1) is 13.1. The van der Waals surface area contributed by atoms with Crippen molar-refractivity contribution in [2.75, 3.05) is 5.73 Å². The summed E-state index contributed by atoms with van der Waals surface area (Å²) >= 11 is 0. The molecule has 2 heterocycles. The number of amides is 1. The Hall–Kier alpha value is -2.38. The maximum absolute atomic E-state index is 11.9. The maximum atomic E-state index is 11.9. The number of carbonyl (C=O) groups is 1. The van der Waals surface area contributed by atoms with Crippen LogP contribution >= 0.6 is 0 Å². The predicted octanol–water partition coefficient (Wildman–Crippen LogP) is 0.0776. The molecule has 2 aromatic heterocycles. The number of aromatic nitrogens is 5. The highest BCUT2D eigenvalue weighted by atomic mass is 16.2. The summed E-state index contributed by atoms with van der Waals surface area (Å²) in [5, 5.41) is 13.7. The number of carbonyl (C=O) groups excluding carboxylic acids is 1. The molecular formula is C11H17N7O. The minimum atomic E-state index is -0.268. The van der Waals surface area contributed by atoms with Crippen molar-refractivity contribution in [1.82, 2.24) is 30.3 Å². The van der Waals surface area contributed by atoms with Crippen LogP contribution in [0.25, 0.3) is 0 Å². The number of nitrogens with zero attached hydrogens (tertiary/aromatic N) is 4. The average Bonchev–Trinajstić information content (AvgIpc) is 2.86. The molecule has 102 valence electrons. The van der Waals surface area contributed by atoms with Crippen molar-refractivity contribution in [2.45, 2.75) is 33.4 Å². The van der Waals surface area contributed by atoms with Gasteiger partial charge in [-0.1, -0.05) is 0 Å². The molecule has 0 radical (unpaired) electrons. The van der Waals surface area contributed by atoms with Gasteiger partial charge in [0, 0.05) is 6.07 Å². The van der Waals surface area contributed by atoms with Gasteiger partial charge in [-0.3, -0.25) is 9.89 Å². The number of hydrogen-bond donors (Lipinski definition) is 3. The van der Waals surface area contributed by atoms with Crippen LogP contribution in [0.15, 0.2) is 6.07 Å². The van der Waals surface area contributed by atoms with E-state index in [1.54, 1.807) is 13.0 Å². The fourth-order valence-electron chi connectivity index (χ4n) is 1.73. The third kappa shape index (κ3) is 3.09. The lowest BCUT2D eigenvalue weighted by Crippen LogP contribution is -2.31. The number of nitrogens with two attached hydrogens (primary N) is 1. The lowest BCUT2D eigenvalue weighted by Gasteiger charge is -2.11. The van der Waals surface area contributed by atoms with E-state index in [4.69, 9.17) is 5.73 Å². The lowest BCUT2D eigenvalue weighted by atomic mass is 10.3. The van der Waals surface area contributed by atoms with Gasteiger partial charge in [-0.25, -0.2) is 9.67 Å². The van der Waals surface area contributed by atoms with Crippen LogP contribution in [0.3, 0.4) is 0 Å². The van der Waals surface area contributed by atoms with Crippen molar-refractivity contribution in [2.24, 2.45) is 0 Å². The van der Waals surface area contributed by atoms with Crippen molar-refractivity contribution in [3.05, 3.63) is 23.4 Å². The zero-order valence-electron chi connectivity index (χ0n) is 11.1. The SMILES string of the molecule is Cc1cc(N)n(CC(=O)N[C@@H](C)c2n[nH]c(C)n2)n1. The first-order chi connectivity index (χ1) is 8.95. The monoisotopic (exact) mass is 263 g/mol. The van der Waals surface area contributed by atoms with Crippen molar-refractivity contribution >= 4 is 11.7 Å². The number of rotatable bonds is 4. The van der Waals surface area contributed by atoms with Crippen molar-refractivity contribution in [1.29, 1.82) is 0 Å². The van der Waals surface area contributed by atoms with Crippen molar-refractivity contribution < 1.29 is 4.79 Å². The molecule has 8 nitrogen and oxygen atoms in total. The summed E-state index contributed by atoms with van der Waals surface area (Å²) in [6.45, 7) is 5.52. The molecule has 0 aromatic carbocycles. The molecular weight excluding hydrogens is 246 g/mol. The van der Waals surface area contributed by atoms with Crippen LogP contribution in [0.1, 0.15) is 30.3 Å². The average molecular weight is 263 g/mol. The number of H-pyrrole nitrogens is 1. The standard InChI is InChI=1S/C11H17N7O/c1-6-4-9(12)18(17-6)5-10(19)13-7(2)11-14-8(3)15-16-11/h4,7H,5,12H2,1-3H3,(H,13,19)(H,14,15,16)/t7-/m0/s1. The highest BCUT2D eigenvalue weighted by molar-refractivity contribution is 5.76. The number of hydrogen-bond acceptors (Lipinski definition) is 5. The van der Waals surface area contributed by atoms with Crippen LogP contribution in [-0.4, -0.2) is 30.9 Å². The second-order valence-corrected chi connectivity index (χ2v) is 4.44. The highest BCUT2D eigenvalue weighted by Gasteiger charge is 2.15. The van der Waals surface area contributed by atoms with E-state index in [1.165, 1.54) is 4.68 Å². The van der Waals surface area contributed by atoms with E-state index in [-0.39, 0.29) is 18.5 Å². The molecule has 0 saturated carbocycles. The molecule has 0 aliphatic rings. The summed E-state index contributed by atoms with van der Waals surface area (Å²) in [5.41, 5.74) is 6.51. The van der Waals surface area contributed by atoms with E-state index in [0.717, 1.165) is 5.69 Å². The maximum Gasteiger partial charge on any atom is 0.242 e. The first-order valence-electron chi connectivity index (χ1n) is 5.94. The molecule has 8 heteroatoms. The Morgan fingerprint density at radius 3 is 2.84 bits per heavy atom. The van der Waals surface area contributed by atoms with Crippen LogP contribution < -0.4 is 11.1 Å². The molecule has 19 heavy (non-hydrogen) atoms. The number of nitrogen functional groups attached to an aromatic ring is 1. The molecule has 1 amide bonds. The van der Waals surface area contributed by atoms with Gasteiger partial charge in [0.05, 0.1) is 11.7 Å². The number of anilines is 1. The number of nitrogens with one attached hydrogen (secondary N) is 2. The Kier molecular flexibility index (Phi) is 3.50. The molecule has 0 spiro atoms. The molecule has 0 aliphatic carbocycles. The molecule has 2 aromatic rings. The van der Waals surface area contributed by atoms with Gasteiger partial charge in [0.1, 0.15) is 18.2 Å². The number of aromatic amines is 1. The summed E-state index contributed by atoms with van der Waals surface area (Å²) in [7, 11) is 0. The Morgan fingerprint density at radius 2 is 2.32 bits per heavy atom. The Labute approximate surface area is 110 Å². The minimum Gasteiger partial charge on any atom is -0.384 e.